The summed E-state index contributed by atoms with van der Waals surface area (Å²) in [5, 5.41) is 3.48. The molecule has 1 N–H and O–H groups in total. The van der Waals surface area contributed by atoms with E-state index in [1.807, 2.05) is 4.90 Å². The predicted molar refractivity (Wildman–Crippen MR) is 75.7 cm³/mol. The molecule has 0 spiro atoms. The van der Waals surface area contributed by atoms with Crippen LogP contribution >= 0.6 is 0 Å². The van der Waals surface area contributed by atoms with E-state index in [0.29, 0.717) is 12.5 Å². The van der Waals surface area contributed by atoms with Crippen molar-refractivity contribution in [1.29, 1.82) is 0 Å². The normalized spacial score (nSPS) is 18.4. The molecule has 0 atom stereocenters. The Morgan fingerprint density at radius 3 is 2.50 bits per heavy atom. The molecule has 0 aromatic carbocycles. The van der Waals surface area contributed by atoms with E-state index in [4.69, 9.17) is 0 Å². The second kappa shape index (κ2) is 7.10. The molecule has 1 heterocycles. The minimum absolute atomic E-state index is 0.190. The second-order valence-electron chi connectivity index (χ2n) is 6.19. The lowest BCUT2D eigenvalue weighted by Crippen LogP contribution is -2.51. The van der Waals surface area contributed by atoms with E-state index in [2.05, 4.69) is 37.9 Å². The molecule has 4 nitrogen and oxygen atoms in total. The van der Waals surface area contributed by atoms with Gasteiger partial charge in [0.15, 0.2) is 0 Å². The summed E-state index contributed by atoms with van der Waals surface area (Å²) < 4.78 is 0. The lowest BCUT2D eigenvalue weighted by molar-refractivity contribution is -0.136. The summed E-state index contributed by atoms with van der Waals surface area (Å²) in [6, 6.07) is 0. The summed E-state index contributed by atoms with van der Waals surface area (Å²) in [7, 11) is 0. The van der Waals surface area contributed by atoms with E-state index >= 15 is 0 Å². The topological polar surface area (TPSA) is 35.6 Å². The molecule has 18 heavy (non-hydrogen) atoms. The lowest BCUT2D eigenvalue weighted by atomic mass is 10.1. The third-order valence-corrected chi connectivity index (χ3v) is 3.20. The molecule has 4 heteroatoms. The van der Waals surface area contributed by atoms with Gasteiger partial charge in [0.1, 0.15) is 0 Å². The first-order valence-corrected chi connectivity index (χ1v) is 7.17. The van der Waals surface area contributed by atoms with E-state index in [9.17, 15) is 4.79 Å². The highest BCUT2D eigenvalue weighted by Crippen LogP contribution is 2.05. The van der Waals surface area contributed by atoms with Crippen molar-refractivity contribution in [2.45, 2.75) is 46.1 Å². The zero-order valence-electron chi connectivity index (χ0n) is 12.5. The fraction of sp³-hybridized carbons (Fsp3) is 0.929. The molecule has 1 aliphatic rings. The molecule has 1 fully saturated rings. The van der Waals surface area contributed by atoms with E-state index < -0.39 is 0 Å². The second-order valence-corrected chi connectivity index (χ2v) is 6.19. The molecule has 0 unspecified atom stereocenters. The van der Waals surface area contributed by atoms with Crippen LogP contribution in [-0.2, 0) is 4.79 Å². The third kappa shape index (κ3) is 5.83. The van der Waals surface area contributed by atoms with Crippen molar-refractivity contribution in [2.24, 2.45) is 0 Å². The first-order chi connectivity index (χ1) is 8.42. The van der Waals surface area contributed by atoms with Gasteiger partial charge < -0.3 is 10.2 Å². The van der Waals surface area contributed by atoms with E-state index in [1.54, 1.807) is 0 Å². The van der Waals surface area contributed by atoms with Crippen molar-refractivity contribution >= 4 is 5.91 Å². The van der Waals surface area contributed by atoms with Crippen LogP contribution in [0.1, 0.15) is 40.5 Å². The Bertz CT molecular complexity index is 260. The Kier molecular flexibility index (Phi) is 6.09. The van der Waals surface area contributed by atoms with Crippen molar-refractivity contribution < 1.29 is 4.79 Å². The number of nitrogens with zero attached hydrogens (tertiary/aromatic N) is 2. The summed E-state index contributed by atoms with van der Waals surface area (Å²) in [6.07, 6.45) is 2.17. The fourth-order valence-electron chi connectivity index (χ4n) is 2.22. The summed E-state index contributed by atoms with van der Waals surface area (Å²) in [5.74, 6) is 0.298. The lowest BCUT2D eigenvalue weighted by Gasteiger charge is -2.34. The number of hydrogen-bond acceptors (Lipinski definition) is 3. The van der Waals surface area contributed by atoms with Crippen LogP contribution in [0, 0.1) is 0 Å². The minimum atomic E-state index is 0.190. The minimum Gasteiger partial charge on any atom is -0.340 e. The van der Waals surface area contributed by atoms with Gasteiger partial charge in [-0.1, -0.05) is 6.92 Å². The molecule has 0 aromatic rings. The van der Waals surface area contributed by atoms with Gasteiger partial charge in [-0.3, -0.25) is 9.69 Å². The van der Waals surface area contributed by atoms with Crippen LogP contribution in [0.4, 0.5) is 0 Å². The van der Waals surface area contributed by atoms with Gasteiger partial charge in [0, 0.05) is 25.2 Å². The van der Waals surface area contributed by atoms with Crippen LogP contribution in [0.25, 0.3) is 0 Å². The molecule has 0 radical (unpaired) electrons. The van der Waals surface area contributed by atoms with E-state index in [-0.39, 0.29) is 5.54 Å². The smallest absolute Gasteiger partial charge is 0.236 e. The van der Waals surface area contributed by atoms with Gasteiger partial charge in [0.2, 0.25) is 5.91 Å². The summed E-state index contributed by atoms with van der Waals surface area (Å²) in [4.78, 5) is 16.1. The van der Waals surface area contributed by atoms with Crippen molar-refractivity contribution in [3.8, 4) is 0 Å². The highest BCUT2D eigenvalue weighted by molar-refractivity contribution is 5.78. The van der Waals surface area contributed by atoms with Crippen LogP contribution in [0.5, 0.6) is 0 Å². The molecule has 0 bridgehead atoms. The molecule has 1 rings (SSSR count). The number of hydrogen-bond donors (Lipinski definition) is 1. The van der Waals surface area contributed by atoms with Gasteiger partial charge in [-0.15, -0.1) is 0 Å². The summed E-state index contributed by atoms with van der Waals surface area (Å²) >= 11 is 0. The average Bonchev–Trinajstić information content (AvgIpc) is 2.27. The average molecular weight is 255 g/mol. The van der Waals surface area contributed by atoms with Gasteiger partial charge in [0.25, 0.3) is 0 Å². The number of carbonyl (C=O) groups excluding carboxylic acids is 1. The van der Waals surface area contributed by atoms with E-state index in [0.717, 1.165) is 45.6 Å². The van der Waals surface area contributed by atoms with Gasteiger partial charge in [-0.05, 0) is 46.7 Å². The number of carbonyl (C=O) groups is 1. The Morgan fingerprint density at radius 2 is 1.94 bits per heavy atom. The standard InChI is InChI=1S/C14H29N3O/c1-5-8-17-11-10-16(12-13(17)18)9-6-7-15-14(2,3)4/h15H,5-12H2,1-4H3. The zero-order valence-corrected chi connectivity index (χ0v) is 12.5. The van der Waals surface area contributed by atoms with Gasteiger partial charge >= 0.3 is 0 Å². The van der Waals surface area contributed by atoms with Crippen molar-refractivity contribution in [2.75, 3.05) is 39.3 Å². The Labute approximate surface area is 112 Å². The van der Waals surface area contributed by atoms with Crippen molar-refractivity contribution in [3.63, 3.8) is 0 Å². The molecule has 106 valence electrons. The largest absolute Gasteiger partial charge is 0.340 e. The first-order valence-electron chi connectivity index (χ1n) is 7.17. The first kappa shape index (κ1) is 15.4. The van der Waals surface area contributed by atoms with Crippen LogP contribution in [-0.4, -0.2) is 60.5 Å². The van der Waals surface area contributed by atoms with Crippen molar-refractivity contribution in [3.05, 3.63) is 0 Å². The fourth-order valence-corrected chi connectivity index (χ4v) is 2.22. The molecule has 1 amide bonds. The van der Waals surface area contributed by atoms with Gasteiger partial charge in [0.05, 0.1) is 6.54 Å². The van der Waals surface area contributed by atoms with Crippen LogP contribution in [0.15, 0.2) is 0 Å². The van der Waals surface area contributed by atoms with Crippen LogP contribution < -0.4 is 5.32 Å². The third-order valence-electron chi connectivity index (χ3n) is 3.20. The quantitative estimate of drug-likeness (QED) is 0.727. The Morgan fingerprint density at radius 1 is 1.22 bits per heavy atom. The summed E-state index contributed by atoms with van der Waals surface area (Å²) in [5.41, 5.74) is 0.190. The maximum Gasteiger partial charge on any atom is 0.236 e. The molecule has 1 aliphatic heterocycles. The van der Waals surface area contributed by atoms with Gasteiger partial charge in [-0.2, -0.15) is 0 Å². The molecule has 0 aromatic heterocycles. The molecule has 1 saturated heterocycles. The molecular formula is C14H29N3O. The zero-order chi connectivity index (χ0) is 13.6. The number of piperazine rings is 1. The van der Waals surface area contributed by atoms with Crippen molar-refractivity contribution in [1.82, 2.24) is 15.1 Å². The maximum absolute atomic E-state index is 11.9. The summed E-state index contributed by atoms with van der Waals surface area (Å²) in [6.45, 7) is 14.2. The monoisotopic (exact) mass is 255 g/mol. The highest BCUT2D eigenvalue weighted by atomic mass is 16.2. The maximum atomic E-state index is 11.9. The number of amides is 1. The SMILES string of the molecule is CCCN1CCN(CCCNC(C)(C)C)CC1=O. The molecule has 0 saturated carbocycles. The molecular weight excluding hydrogens is 226 g/mol. The van der Waals surface area contributed by atoms with Crippen LogP contribution in [0.3, 0.4) is 0 Å². The predicted octanol–water partition coefficient (Wildman–Crippen LogP) is 1.32. The highest BCUT2D eigenvalue weighted by Gasteiger charge is 2.22. The van der Waals surface area contributed by atoms with E-state index in [1.165, 1.54) is 0 Å². The number of rotatable bonds is 6. The van der Waals surface area contributed by atoms with Crippen LogP contribution in [0.2, 0.25) is 0 Å². The number of nitrogens with one attached hydrogen (secondary N) is 1. The Hall–Kier alpha value is -0.610. The van der Waals surface area contributed by atoms with Gasteiger partial charge in [-0.25, -0.2) is 0 Å². The molecule has 0 aliphatic carbocycles. The Balaban J connectivity index is 2.16.